The van der Waals surface area contributed by atoms with Gasteiger partial charge in [0.2, 0.25) is 5.91 Å². The first-order valence-corrected chi connectivity index (χ1v) is 16.9. The van der Waals surface area contributed by atoms with Crippen molar-refractivity contribution < 1.29 is 34.1 Å². The summed E-state index contributed by atoms with van der Waals surface area (Å²) in [7, 11) is 0. The summed E-state index contributed by atoms with van der Waals surface area (Å²) in [6.07, 6.45) is 0.0857. The molecular formula is C35H32NO7PS. The number of esters is 1. The van der Waals surface area contributed by atoms with Crippen molar-refractivity contribution >= 4 is 63.2 Å². The molecule has 1 amide bonds. The predicted molar refractivity (Wildman–Crippen MR) is 177 cm³/mol. The average molecular weight is 642 g/mol. The van der Waals surface area contributed by atoms with Crippen molar-refractivity contribution in [2.45, 2.75) is 25.5 Å². The van der Waals surface area contributed by atoms with Gasteiger partial charge >= 0.3 is 11.9 Å². The molecule has 0 aliphatic carbocycles. The van der Waals surface area contributed by atoms with Crippen LogP contribution in [-0.2, 0) is 14.3 Å². The van der Waals surface area contributed by atoms with Gasteiger partial charge in [0.05, 0.1) is 22.9 Å². The molecule has 3 atom stereocenters. The molecule has 4 aromatic rings. The summed E-state index contributed by atoms with van der Waals surface area (Å²) < 4.78 is 5.72. The maximum absolute atomic E-state index is 14.4. The number of Topliss-reactive ketones (excluding diaryl/α,β-unsaturated/α-hetero) is 1. The van der Waals surface area contributed by atoms with Crippen molar-refractivity contribution in [3.05, 3.63) is 126 Å². The van der Waals surface area contributed by atoms with Gasteiger partial charge in [-0.1, -0.05) is 104 Å². The molecule has 1 aromatic heterocycles. The number of rotatable bonds is 12. The Balaban J connectivity index is 1.83. The van der Waals surface area contributed by atoms with E-state index < -0.39 is 48.6 Å². The van der Waals surface area contributed by atoms with Gasteiger partial charge in [-0.05, 0) is 35.0 Å². The van der Waals surface area contributed by atoms with Crippen LogP contribution in [0.2, 0.25) is 0 Å². The number of thiophene rings is 1. The molecule has 10 heteroatoms. The standard InChI is InChI=1S/C35H32NO7PS/c1-3-21-43-35(42)33(36-27(31(23(2)37)32(36)39)22-28(38)29-19-20-30(45-29)34(40)41)44(24-13-7-4-8-14-24,25-15-9-5-10-16-25)26-17-11-6-12-18-26/h3-20,23,27,31,37H,1,21-22H2,2H3,(H,40,41)/t23-,27-,31-/m1/s1. The third-order valence-electron chi connectivity index (χ3n) is 7.77. The molecule has 1 fully saturated rings. The minimum Gasteiger partial charge on any atom is -0.477 e. The predicted octanol–water partition coefficient (Wildman–Crippen LogP) is 4.08. The van der Waals surface area contributed by atoms with Gasteiger partial charge in [0, 0.05) is 13.3 Å². The van der Waals surface area contributed by atoms with E-state index >= 15 is 0 Å². The Kier molecular flexibility index (Phi) is 9.63. The molecule has 1 aliphatic rings. The van der Waals surface area contributed by atoms with Crippen LogP contribution in [0.25, 0.3) is 0 Å². The van der Waals surface area contributed by atoms with E-state index in [9.17, 15) is 29.4 Å². The van der Waals surface area contributed by atoms with Gasteiger partial charge in [-0.15, -0.1) is 11.3 Å². The Morgan fingerprint density at radius 2 is 1.38 bits per heavy atom. The number of nitrogens with zero attached hydrogens (tertiary/aromatic N) is 1. The van der Waals surface area contributed by atoms with Crippen LogP contribution in [0.4, 0.5) is 0 Å². The van der Waals surface area contributed by atoms with Crippen molar-refractivity contribution in [3.63, 3.8) is 0 Å². The van der Waals surface area contributed by atoms with Gasteiger partial charge in [0.25, 0.3) is 0 Å². The molecule has 0 saturated carbocycles. The number of carbonyl (C=O) groups excluding carboxylic acids is 3. The van der Waals surface area contributed by atoms with Gasteiger partial charge in [0.1, 0.15) is 16.9 Å². The summed E-state index contributed by atoms with van der Waals surface area (Å²) in [6, 6.07) is 30.3. The third-order valence-corrected chi connectivity index (χ3v) is 13.1. The number of likely N-dealkylation sites (tertiary alicyclic amines) is 1. The Bertz CT molecular complexity index is 1680. The van der Waals surface area contributed by atoms with E-state index in [1.165, 1.54) is 30.0 Å². The third kappa shape index (κ3) is 5.94. The number of β-lactam (4-membered cyclic amide) rings is 1. The van der Waals surface area contributed by atoms with Crippen LogP contribution in [0.15, 0.2) is 116 Å². The van der Waals surface area contributed by atoms with E-state index in [-0.39, 0.29) is 28.2 Å². The summed E-state index contributed by atoms with van der Waals surface area (Å²) in [6.45, 7) is 1.86. The monoisotopic (exact) mass is 641 g/mol. The maximum atomic E-state index is 14.4. The molecule has 2 N–H and O–H groups in total. The second kappa shape index (κ2) is 13.6. The van der Waals surface area contributed by atoms with E-state index in [0.717, 1.165) is 27.3 Å². The van der Waals surface area contributed by atoms with E-state index in [2.05, 4.69) is 6.58 Å². The molecule has 45 heavy (non-hydrogen) atoms. The number of carbonyl (C=O) groups is 4. The molecule has 8 nitrogen and oxygen atoms in total. The molecule has 230 valence electrons. The average Bonchev–Trinajstić information content (AvgIpc) is 3.56. The fourth-order valence-electron chi connectivity index (χ4n) is 5.83. The van der Waals surface area contributed by atoms with Crippen molar-refractivity contribution in [3.8, 4) is 0 Å². The van der Waals surface area contributed by atoms with Crippen LogP contribution in [-0.4, -0.2) is 62.9 Å². The summed E-state index contributed by atoms with van der Waals surface area (Å²) >= 11 is 0.842. The first-order valence-electron chi connectivity index (χ1n) is 14.3. The molecule has 3 aromatic carbocycles. The molecule has 2 heterocycles. The quantitative estimate of drug-likeness (QED) is 0.0787. The number of hydrogen-bond acceptors (Lipinski definition) is 7. The molecule has 1 aliphatic heterocycles. The summed E-state index contributed by atoms with van der Waals surface area (Å²) in [5.74, 6) is -3.76. The minimum absolute atomic E-state index is 0.00870. The summed E-state index contributed by atoms with van der Waals surface area (Å²) in [4.78, 5) is 55.2. The van der Waals surface area contributed by atoms with Crippen molar-refractivity contribution in [1.82, 2.24) is 4.90 Å². The van der Waals surface area contributed by atoms with E-state index in [1.54, 1.807) is 0 Å². The van der Waals surface area contributed by atoms with E-state index in [1.807, 2.05) is 91.0 Å². The van der Waals surface area contributed by atoms with Crippen LogP contribution in [0.5, 0.6) is 0 Å². The zero-order chi connectivity index (χ0) is 32.1. The van der Waals surface area contributed by atoms with Crippen molar-refractivity contribution in [2.24, 2.45) is 5.92 Å². The molecule has 0 bridgehead atoms. The Labute approximate surface area is 265 Å². The lowest BCUT2D eigenvalue weighted by Crippen LogP contribution is -2.68. The smallest absolute Gasteiger partial charge is 0.356 e. The lowest BCUT2D eigenvalue weighted by Gasteiger charge is -2.50. The highest BCUT2D eigenvalue weighted by molar-refractivity contribution is 7.96. The zero-order valence-electron chi connectivity index (χ0n) is 24.5. The number of amides is 1. The molecule has 0 spiro atoms. The molecule has 0 unspecified atom stereocenters. The second-order valence-electron chi connectivity index (χ2n) is 10.5. The molecule has 0 radical (unpaired) electrons. The first kappa shape index (κ1) is 31.9. The van der Waals surface area contributed by atoms with Crippen LogP contribution in [0.3, 0.4) is 0 Å². The number of ketones is 1. The number of ether oxygens (including phenoxy) is 1. The Hall–Kier alpha value is -4.56. The zero-order valence-corrected chi connectivity index (χ0v) is 26.2. The largest absolute Gasteiger partial charge is 0.477 e. The molecule has 1 saturated heterocycles. The lowest BCUT2D eigenvalue weighted by atomic mass is 9.80. The van der Waals surface area contributed by atoms with Crippen LogP contribution < -0.4 is 15.9 Å². The number of carboxylic acids is 1. The van der Waals surface area contributed by atoms with Gasteiger partial charge in [-0.2, -0.15) is 0 Å². The van der Waals surface area contributed by atoms with Crippen LogP contribution >= 0.6 is 18.2 Å². The highest BCUT2D eigenvalue weighted by Gasteiger charge is 2.55. The van der Waals surface area contributed by atoms with Gasteiger partial charge in [0.15, 0.2) is 5.78 Å². The number of hydrogen-bond donors (Lipinski definition) is 2. The number of aliphatic hydroxyl groups excluding tert-OH is 1. The fourth-order valence-corrected chi connectivity index (χ4v) is 11.0. The van der Waals surface area contributed by atoms with Crippen LogP contribution in [0, 0.1) is 5.92 Å². The number of aliphatic hydroxyl groups is 1. The number of benzene rings is 3. The number of carboxylic acid groups (broad SMARTS) is 1. The van der Waals surface area contributed by atoms with E-state index in [4.69, 9.17) is 4.74 Å². The summed E-state index contributed by atoms with van der Waals surface area (Å²) in [5.41, 5.74) is 0.0880. The SMILES string of the molecule is C=CCOC(=O)C(N1C(=O)[C@H]([C@@H](C)O)[C@H]1CC(=O)c1ccc(C(=O)O)s1)=P(c1ccccc1)(c1ccccc1)c1ccccc1. The highest BCUT2D eigenvalue weighted by Crippen LogP contribution is 2.50. The minimum atomic E-state index is -3.19. The van der Waals surface area contributed by atoms with Gasteiger partial charge < -0.3 is 19.8 Å². The van der Waals surface area contributed by atoms with Gasteiger partial charge in [-0.25, -0.2) is 9.59 Å². The highest BCUT2D eigenvalue weighted by atomic mass is 32.1. The second-order valence-corrected chi connectivity index (χ2v) is 14.9. The lowest BCUT2D eigenvalue weighted by molar-refractivity contribution is -0.157. The van der Waals surface area contributed by atoms with Crippen molar-refractivity contribution in [1.29, 1.82) is 0 Å². The number of aromatic carboxylic acids is 1. The Morgan fingerprint density at radius 1 is 0.889 bits per heavy atom. The maximum Gasteiger partial charge on any atom is 0.356 e. The Morgan fingerprint density at radius 3 is 1.80 bits per heavy atom. The molecule has 5 rings (SSSR count). The van der Waals surface area contributed by atoms with E-state index in [0.29, 0.717) is 0 Å². The normalized spacial score (nSPS) is 16.8. The van der Waals surface area contributed by atoms with Gasteiger partial charge in [-0.3, -0.25) is 9.59 Å². The fraction of sp³-hybridized carbons (Fsp3) is 0.171. The topological polar surface area (TPSA) is 121 Å². The van der Waals surface area contributed by atoms with Crippen LogP contribution in [0.1, 0.15) is 32.7 Å². The molecular weight excluding hydrogens is 609 g/mol. The van der Waals surface area contributed by atoms with Crippen molar-refractivity contribution in [2.75, 3.05) is 6.61 Å². The first-order chi connectivity index (χ1) is 21.7. The summed E-state index contributed by atoms with van der Waals surface area (Å²) in [5, 5.41) is 22.5.